The van der Waals surface area contributed by atoms with Crippen LogP contribution in [0.25, 0.3) is 5.69 Å². The number of hydrogen-bond donors (Lipinski definition) is 0. The summed E-state index contributed by atoms with van der Waals surface area (Å²) in [6, 6.07) is 1.67. The lowest BCUT2D eigenvalue weighted by Crippen LogP contribution is -2.10. The summed E-state index contributed by atoms with van der Waals surface area (Å²) in [6.45, 7) is 1.28. The fourth-order valence-corrected chi connectivity index (χ4v) is 3.95. The van der Waals surface area contributed by atoms with Crippen LogP contribution in [0.15, 0.2) is 17.0 Å². The van der Waals surface area contributed by atoms with E-state index in [0.717, 1.165) is 17.0 Å². The third-order valence-corrected chi connectivity index (χ3v) is 5.09. The molecule has 0 aliphatic carbocycles. The zero-order valence-corrected chi connectivity index (χ0v) is 14.5. The molecule has 11 heteroatoms. The highest BCUT2D eigenvalue weighted by Gasteiger charge is 2.36. The summed E-state index contributed by atoms with van der Waals surface area (Å²) in [5.41, 5.74) is -2.04. The van der Waals surface area contributed by atoms with Crippen LogP contribution < -0.4 is 0 Å². The van der Waals surface area contributed by atoms with Gasteiger partial charge in [-0.1, -0.05) is 23.2 Å². The van der Waals surface area contributed by atoms with E-state index in [1.807, 2.05) is 0 Å². The molecule has 0 saturated heterocycles. The van der Waals surface area contributed by atoms with Gasteiger partial charge in [-0.2, -0.15) is 18.3 Å². The molecule has 0 N–H and O–H groups in total. The molecule has 1 heterocycles. The molecule has 0 radical (unpaired) electrons. The average Bonchev–Trinajstić information content (AvgIpc) is 2.74. The predicted molar refractivity (Wildman–Crippen MR) is 81.8 cm³/mol. The zero-order valence-electron chi connectivity index (χ0n) is 12.1. The van der Waals surface area contributed by atoms with Crippen molar-refractivity contribution in [2.24, 2.45) is 0 Å². The maximum Gasteiger partial charge on any atom is 0.417 e. The van der Waals surface area contributed by atoms with Crippen molar-refractivity contribution in [3.8, 4) is 5.69 Å². The number of aldehydes is 1. The second-order valence-corrected chi connectivity index (χ2v) is 7.59. The lowest BCUT2D eigenvalue weighted by Gasteiger charge is -2.15. The minimum absolute atomic E-state index is 0.0808. The highest BCUT2D eigenvalue weighted by atomic mass is 35.5. The molecule has 130 valence electrons. The number of alkyl halides is 3. The number of halogens is 5. The van der Waals surface area contributed by atoms with Crippen LogP contribution in [0.5, 0.6) is 0 Å². The molecule has 24 heavy (non-hydrogen) atoms. The Morgan fingerprint density at radius 1 is 1.25 bits per heavy atom. The number of benzene rings is 1. The SMILES string of the molecule is Cc1c(S(C)(=O)=O)c(C=O)nn1-c1c(Cl)ccc(C(F)(F)F)c1Cl. The largest absolute Gasteiger partial charge is 0.417 e. The topological polar surface area (TPSA) is 69.0 Å². The molecule has 0 aliphatic heterocycles. The Balaban J connectivity index is 2.89. The molecule has 1 aromatic carbocycles. The van der Waals surface area contributed by atoms with E-state index in [1.165, 1.54) is 6.92 Å². The number of hydrogen-bond acceptors (Lipinski definition) is 4. The van der Waals surface area contributed by atoms with E-state index in [2.05, 4.69) is 5.10 Å². The van der Waals surface area contributed by atoms with Crippen LogP contribution in [0.4, 0.5) is 13.2 Å². The second-order valence-electron chi connectivity index (χ2n) is 4.86. The van der Waals surface area contributed by atoms with Crippen molar-refractivity contribution in [3.63, 3.8) is 0 Å². The lowest BCUT2D eigenvalue weighted by molar-refractivity contribution is -0.137. The number of carbonyl (C=O) groups excluding carboxylic acids is 1. The zero-order chi connectivity index (χ0) is 18.4. The highest BCUT2D eigenvalue weighted by molar-refractivity contribution is 7.90. The minimum atomic E-state index is -4.75. The number of sulfone groups is 1. The molecule has 2 aromatic rings. The molecule has 1 aromatic heterocycles. The lowest BCUT2D eigenvalue weighted by atomic mass is 10.2. The predicted octanol–water partition coefficient (Wildman–Crippen LogP) is 3.72. The van der Waals surface area contributed by atoms with Crippen molar-refractivity contribution >= 4 is 39.3 Å². The number of carbonyl (C=O) groups is 1. The van der Waals surface area contributed by atoms with E-state index in [-0.39, 0.29) is 22.7 Å². The summed E-state index contributed by atoms with van der Waals surface area (Å²) in [6.07, 6.45) is -3.70. The summed E-state index contributed by atoms with van der Waals surface area (Å²) in [5.74, 6) is 0. The van der Waals surface area contributed by atoms with E-state index in [4.69, 9.17) is 23.2 Å². The van der Waals surface area contributed by atoms with Crippen LogP contribution in [0, 0.1) is 6.92 Å². The Hall–Kier alpha value is -1.58. The molecule has 0 atom stereocenters. The van der Waals surface area contributed by atoms with Gasteiger partial charge in [0.2, 0.25) is 0 Å². The van der Waals surface area contributed by atoms with Crippen LogP contribution in [-0.4, -0.2) is 30.7 Å². The van der Waals surface area contributed by atoms with Crippen LogP contribution in [0.2, 0.25) is 10.0 Å². The summed E-state index contributed by atoms with van der Waals surface area (Å²) in [4.78, 5) is 10.7. The van der Waals surface area contributed by atoms with Gasteiger partial charge in [0.1, 0.15) is 16.3 Å². The molecule has 0 saturated carbocycles. The molecule has 0 aliphatic rings. The van der Waals surface area contributed by atoms with Gasteiger partial charge >= 0.3 is 6.18 Å². The first-order valence-corrected chi connectivity index (χ1v) is 8.84. The molecule has 0 bridgehead atoms. The van der Waals surface area contributed by atoms with Crippen molar-refractivity contribution in [3.05, 3.63) is 39.1 Å². The van der Waals surface area contributed by atoms with Crippen LogP contribution >= 0.6 is 23.2 Å². The smallest absolute Gasteiger partial charge is 0.296 e. The molecule has 0 unspecified atom stereocenters. The first-order valence-electron chi connectivity index (χ1n) is 6.20. The van der Waals surface area contributed by atoms with Gasteiger partial charge in [-0.05, 0) is 19.1 Å². The Bertz CT molecular complexity index is 937. The van der Waals surface area contributed by atoms with Gasteiger partial charge < -0.3 is 0 Å². The first kappa shape index (κ1) is 18.8. The Morgan fingerprint density at radius 2 is 1.83 bits per heavy atom. The molecule has 2 rings (SSSR count). The molecule has 5 nitrogen and oxygen atoms in total. The molecule has 0 spiro atoms. The normalized spacial score (nSPS) is 12.5. The first-order chi connectivity index (χ1) is 10.9. The molecule has 0 fully saturated rings. The van der Waals surface area contributed by atoms with E-state index >= 15 is 0 Å². The highest BCUT2D eigenvalue weighted by Crippen LogP contribution is 2.41. The van der Waals surface area contributed by atoms with Gasteiger partial charge in [0.15, 0.2) is 16.1 Å². The van der Waals surface area contributed by atoms with E-state index < -0.39 is 37.2 Å². The fraction of sp³-hybridized carbons (Fsp3) is 0.231. The quantitative estimate of drug-likeness (QED) is 0.736. The van der Waals surface area contributed by atoms with Crippen molar-refractivity contribution in [1.82, 2.24) is 9.78 Å². The van der Waals surface area contributed by atoms with Gasteiger partial charge in [-0.25, -0.2) is 13.1 Å². The number of aromatic nitrogens is 2. The van der Waals surface area contributed by atoms with E-state index in [1.54, 1.807) is 0 Å². The minimum Gasteiger partial charge on any atom is -0.296 e. The van der Waals surface area contributed by atoms with Gasteiger partial charge in [0, 0.05) is 6.26 Å². The Labute approximate surface area is 144 Å². The van der Waals surface area contributed by atoms with E-state index in [0.29, 0.717) is 6.07 Å². The molecular weight excluding hydrogens is 392 g/mol. The monoisotopic (exact) mass is 400 g/mol. The van der Waals surface area contributed by atoms with Crippen molar-refractivity contribution < 1.29 is 26.4 Å². The van der Waals surface area contributed by atoms with Gasteiger partial charge in [-0.3, -0.25) is 4.79 Å². The molecule has 0 amide bonds. The maximum absolute atomic E-state index is 13.0. The fourth-order valence-electron chi connectivity index (χ4n) is 2.22. The Morgan fingerprint density at radius 3 is 2.25 bits per heavy atom. The third-order valence-electron chi connectivity index (χ3n) is 3.15. The van der Waals surface area contributed by atoms with Gasteiger partial charge in [0.25, 0.3) is 0 Å². The van der Waals surface area contributed by atoms with Crippen molar-refractivity contribution in [2.75, 3.05) is 6.26 Å². The molecular formula is C13H9Cl2F3N2O3S. The summed E-state index contributed by atoms with van der Waals surface area (Å²) >= 11 is 11.7. The van der Waals surface area contributed by atoms with Crippen molar-refractivity contribution in [1.29, 1.82) is 0 Å². The maximum atomic E-state index is 13.0. The summed E-state index contributed by atoms with van der Waals surface area (Å²) in [5, 5.41) is 2.81. The summed E-state index contributed by atoms with van der Waals surface area (Å²) in [7, 11) is -3.85. The number of nitrogens with zero attached hydrogens (tertiary/aromatic N) is 2. The number of rotatable bonds is 3. The van der Waals surface area contributed by atoms with Gasteiger partial charge in [-0.15, -0.1) is 0 Å². The standard InChI is InChI=1S/C13H9Cl2F3N2O3S/c1-6-12(24(2,22)23)9(5-21)19-20(6)11-8(14)4-3-7(10(11)15)13(16,17)18/h3-5H,1-2H3. The van der Waals surface area contributed by atoms with Crippen molar-refractivity contribution in [2.45, 2.75) is 18.0 Å². The average molecular weight is 401 g/mol. The second kappa shape index (κ2) is 6.05. The van der Waals surface area contributed by atoms with E-state index in [9.17, 15) is 26.4 Å². The van der Waals surface area contributed by atoms with Crippen LogP contribution in [0.1, 0.15) is 21.7 Å². The summed E-state index contributed by atoms with van der Waals surface area (Å²) < 4.78 is 63.5. The Kier molecular flexibility index (Phi) is 4.73. The van der Waals surface area contributed by atoms with Crippen LogP contribution in [0.3, 0.4) is 0 Å². The van der Waals surface area contributed by atoms with Crippen LogP contribution in [-0.2, 0) is 16.0 Å². The van der Waals surface area contributed by atoms with Gasteiger partial charge in [0.05, 0.1) is 21.3 Å². The third kappa shape index (κ3) is 3.15.